The summed E-state index contributed by atoms with van der Waals surface area (Å²) in [4.78, 5) is 3.62. The Balaban J connectivity index is 2.59. The van der Waals surface area contributed by atoms with Crippen molar-refractivity contribution in [3.8, 4) is 0 Å². The first-order chi connectivity index (χ1) is 6.02. The monoisotopic (exact) mass is 199 g/mol. The summed E-state index contributed by atoms with van der Waals surface area (Å²) in [6.07, 6.45) is 3.69. The summed E-state index contributed by atoms with van der Waals surface area (Å²) < 4.78 is 0. The fourth-order valence-corrected chi connectivity index (χ4v) is 2.72. The molecule has 0 aromatic carbocycles. The number of thiocarbonyl (C=S) groups is 1. The van der Waals surface area contributed by atoms with Gasteiger partial charge in [0.1, 0.15) is 0 Å². The van der Waals surface area contributed by atoms with E-state index >= 15 is 0 Å². The highest BCUT2D eigenvalue weighted by atomic mass is 32.1. The van der Waals surface area contributed by atoms with Crippen LogP contribution in [0.5, 0.6) is 0 Å². The Labute approximate surface area is 87.5 Å². The lowest BCUT2D eigenvalue weighted by Crippen LogP contribution is -2.38. The maximum atomic E-state index is 5.37. The third kappa shape index (κ3) is 2.67. The number of hydrogen-bond acceptors (Lipinski definition) is 1. The highest BCUT2D eigenvalue weighted by molar-refractivity contribution is 7.80. The van der Waals surface area contributed by atoms with Crippen molar-refractivity contribution < 1.29 is 0 Å². The molecule has 1 heterocycles. The van der Waals surface area contributed by atoms with Gasteiger partial charge in [-0.15, -0.1) is 0 Å². The Kier molecular flexibility index (Phi) is 3.72. The summed E-state index contributed by atoms with van der Waals surface area (Å²) in [5.74, 6) is 0.784. The molecule has 1 nitrogen and oxygen atoms in total. The molecule has 0 spiro atoms. The summed E-state index contributed by atoms with van der Waals surface area (Å²) in [6.45, 7) is 9.07. The van der Waals surface area contributed by atoms with Crippen molar-refractivity contribution in [1.82, 2.24) is 4.90 Å². The Morgan fingerprint density at radius 3 is 2.46 bits per heavy atom. The maximum Gasteiger partial charge on any atom is 0.0784 e. The van der Waals surface area contributed by atoms with E-state index in [1.54, 1.807) is 0 Å². The number of nitrogens with zero attached hydrogens (tertiary/aromatic N) is 1. The molecule has 0 saturated carbocycles. The Hall–Kier alpha value is -0.110. The van der Waals surface area contributed by atoms with Crippen molar-refractivity contribution in [2.45, 2.75) is 59.0 Å². The van der Waals surface area contributed by atoms with Gasteiger partial charge in [-0.05, 0) is 39.0 Å². The van der Waals surface area contributed by atoms with Gasteiger partial charge in [-0.3, -0.25) is 0 Å². The van der Waals surface area contributed by atoms with Gasteiger partial charge in [0, 0.05) is 12.1 Å². The first kappa shape index (κ1) is 11.0. The molecule has 1 saturated heterocycles. The van der Waals surface area contributed by atoms with Gasteiger partial charge >= 0.3 is 0 Å². The molecule has 0 bridgehead atoms. The largest absolute Gasteiger partial charge is 0.361 e. The average molecular weight is 199 g/mol. The quantitative estimate of drug-likeness (QED) is 0.642. The number of hydrogen-bond donors (Lipinski definition) is 0. The molecule has 0 radical (unpaired) electrons. The van der Waals surface area contributed by atoms with E-state index < -0.39 is 0 Å². The molecular formula is C11H21NS. The first-order valence-electron chi connectivity index (χ1n) is 5.33. The lowest BCUT2D eigenvalue weighted by Gasteiger charge is -2.31. The molecule has 0 N–H and O–H groups in total. The van der Waals surface area contributed by atoms with Crippen LogP contribution >= 0.6 is 12.2 Å². The summed E-state index contributed by atoms with van der Waals surface area (Å²) in [6, 6.07) is 1.30. The lowest BCUT2D eigenvalue weighted by molar-refractivity contribution is 0.253. The normalized spacial score (nSPS) is 23.7. The summed E-state index contributed by atoms with van der Waals surface area (Å²) >= 11 is 5.37. The van der Waals surface area contributed by atoms with Gasteiger partial charge in [0.15, 0.2) is 0 Å². The van der Waals surface area contributed by atoms with Gasteiger partial charge in [-0.25, -0.2) is 0 Å². The third-order valence-electron chi connectivity index (χ3n) is 2.67. The number of likely N-dealkylation sites (tertiary alicyclic amines) is 1. The minimum atomic E-state index is 0.582. The van der Waals surface area contributed by atoms with Crippen LogP contribution in [0.2, 0.25) is 0 Å². The first-order valence-corrected chi connectivity index (χ1v) is 5.74. The van der Waals surface area contributed by atoms with E-state index in [1.165, 1.54) is 17.8 Å². The van der Waals surface area contributed by atoms with Crippen molar-refractivity contribution in [2.75, 3.05) is 0 Å². The average Bonchev–Trinajstić information content (AvgIpc) is 2.30. The second kappa shape index (κ2) is 4.41. The fraction of sp³-hybridized carbons (Fsp3) is 0.909. The summed E-state index contributed by atoms with van der Waals surface area (Å²) in [5, 5.41) is 0. The lowest BCUT2D eigenvalue weighted by atomic mass is 10.0. The van der Waals surface area contributed by atoms with E-state index in [2.05, 4.69) is 32.6 Å². The smallest absolute Gasteiger partial charge is 0.0784 e. The molecule has 13 heavy (non-hydrogen) atoms. The highest BCUT2D eigenvalue weighted by Gasteiger charge is 2.29. The van der Waals surface area contributed by atoms with Gasteiger partial charge in [-0.1, -0.05) is 26.1 Å². The molecule has 1 unspecified atom stereocenters. The zero-order chi connectivity index (χ0) is 10.0. The number of rotatable bonds is 3. The maximum absolute atomic E-state index is 5.37. The zero-order valence-corrected chi connectivity index (χ0v) is 10.0. The molecule has 76 valence electrons. The third-order valence-corrected chi connectivity index (χ3v) is 3.09. The fourth-order valence-electron chi connectivity index (χ4n) is 2.25. The van der Waals surface area contributed by atoms with Crippen LogP contribution in [0.4, 0.5) is 0 Å². The van der Waals surface area contributed by atoms with Crippen LogP contribution in [0, 0.1) is 5.92 Å². The topological polar surface area (TPSA) is 3.24 Å². The molecule has 1 aliphatic rings. The predicted molar refractivity (Wildman–Crippen MR) is 62.1 cm³/mol. The molecule has 0 aliphatic carbocycles. The molecule has 0 aromatic heterocycles. The van der Waals surface area contributed by atoms with E-state index in [9.17, 15) is 0 Å². The second-order valence-electron chi connectivity index (χ2n) is 4.72. The molecule has 1 atom stereocenters. The van der Waals surface area contributed by atoms with Gasteiger partial charge in [0.25, 0.3) is 0 Å². The van der Waals surface area contributed by atoms with E-state index in [4.69, 9.17) is 12.2 Å². The summed E-state index contributed by atoms with van der Waals surface area (Å²) in [5.41, 5.74) is 0. The van der Waals surface area contributed by atoms with Crippen molar-refractivity contribution in [3.63, 3.8) is 0 Å². The predicted octanol–water partition coefficient (Wildman–Crippen LogP) is 3.23. The van der Waals surface area contributed by atoms with Crippen molar-refractivity contribution in [2.24, 2.45) is 5.92 Å². The van der Waals surface area contributed by atoms with E-state index in [1.807, 2.05) is 0 Å². The van der Waals surface area contributed by atoms with Crippen molar-refractivity contribution >= 4 is 17.2 Å². The Bertz CT molecular complexity index is 187. The van der Waals surface area contributed by atoms with Crippen LogP contribution in [0.3, 0.4) is 0 Å². The standard InChI is InChI=1S/C11H21NS/c1-8(2)7-10-5-6-11(13)12(10)9(3)4/h8-10H,5-7H2,1-4H3. The van der Waals surface area contributed by atoms with Gasteiger partial charge in [0.05, 0.1) is 4.99 Å². The van der Waals surface area contributed by atoms with Crippen LogP contribution in [0.15, 0.2) is 0 Å². The molecular weight excluding hydrogens is 178 g/mol. The molecule has 1 rings (SSSR count). The van der Waals surface area contributed by atoms with E-state index in [0.29, 0.717) is 12.1 Å². The molecule has 0 amide bonds. The zero-order valence-electron chi connectivity index (χ0n) is 9.21. The van der Waals surface area contributed by atoms with Crippen LogP contribution in [-0.4, -0.2) is 22.0 Å². The van der Waals surface area contributed by atoms with Crippen molar-refractivity contribution in [3.05, 3.63) is 0 Å². The van der Waals surface area contributed by atoms with Crippen molar-refractivity contribution in [1.29, 1.82) is 0 Å². The van der Waals surface area contributed by atoms with Crippen LogP contribution < -0.4 is 0 Å². The molecule has 1 aliphatic heterocycles. The minimum Gasteiger partial charge on any atom is -0.361 e. The SMILES string of the molecule is CC(C)CC1CCC(=S)N1C(C)C. The molecule has 1 fully saturated rings. The minimum absolute atomic E-state index is 0.582. The van der Waals surface area contributed by atoms with E-state index in [-0.39, 0.29) is 0 Å². The van der Waals surface area contributed by atoms with Crippen LogP contribution in [0.25, 0.3) is 0 Å². The highest BCUT2D eigenvalue weighted by Crippen LogP contribution is 2.27. The Morgan fingerprint density at radius 1 is 1.38 bits per heavy atom. The van der Waals surface area contributed by atoms with E-state index in [0.717, 1.165) is 12.3 Å². The Morgan fingerprint density at radius 2 is 2.00 bits per heavy atom. The molecule has 0 aromatic rings. The van der Waals surface area contributed by atoms with Gasteiger partial charge in [-0.2, -0.15) is 0 Å². The van der Waals surface area contributed by atoms with Gasteiger partial charge < -0.3 is 4.90 Å². The second-order valence-corrected chi connectivity index (χ2v) is 5.19. The molecule has 2 heteroatoms. The van der Waals surface area contributed by atoms with Crippen LogP contribution in [-0.2, 0) is 0 Å². The summed E-state index contributed by atoms with van der Waals surface area (Å²) in [7, 11) is 0. The van der Waals surface area contributed by atoms with Crippen LogP contribution in [0.1, 0.15) is 47.0 Å². The van der Waals surface area contributed by atoms with Gasteiger partial charge in [0.2, 0.25) is 0 Å².